The summed E-state index contributed by atoms with van der Waals surface area (Å²) >= 11 is 0. The van der Waals surface area contributed by atoms with E-state index in [9.17, 15) is 26.4 Å². The zero-order valence-corrected chi connectivity index (χ0v) is 16.5. The van der Waals surface area contributed by atoms with Gasteiger partial charge in [-0.3, -0.25) is 4.79 Å². The molecule has 0 heterocycles. The number of carboxylic acids is 1. The fourth-order valence-corrected chi connectivity index (χ4v) is 4.31. The number of benzene rings is 1. The van der Waals surface area contributed by atoms with Crippen LogP contribution >= 0.6 is 0 Å². The van der Waals surface area contributed by atoms with E-state index in [1.165, 1.54) is 12.1 Å². The van der Waals surface area contributed by atoms with Gasteiger partial charge in [-0.05, 0) is 61.8 Å². The van der Waals surface area contributed by atoms with E-state index in [2.05, 4.69) is 4.72 Å². The molecule has 0 aromatic heterocycles. The second-order valence-corrected chi connectivity index (χ2v) is 8.67. The third-order valence-corrected chi connectivity index (χ3v) is 5.78. The summed E-state index contributed by atoms with van der Waals surface area (Å²) in [6.45, 7) is 0. The molecule has 1 saturated carbocycles. The van der Waals surface area contributed by atoms with Crippen molar-refractivity contribution in [2.24, 2.45) is 5.92 Å². The number of rotatable bonds is 9. The Labute approximate surface area is 168 Å². The van der Waals surface area contributed by atoms with Crippen molar-refractivity contribution in [3.63, 3.8) is 0 Å². The molecule has 2 rings (SSSR count). The molecule has 1 aromatic rings. The Kier molecular flexibility index (Phi) is 8.04. The van der Waals surface area contributed by atoms with Crippen molar-refractivity contribution in [2.75, 3.05) is 0 Å². The van der Waals surface area contributed by atoms with E-state index in [0.29, 0.717) is 25.7 Å². The van der Waals surface area contributed by atoms with Gasteiger partial charge in [0.1, 0.15) is 0 Å². The van der Waals surface area contributed by atoms with Gasteiger partial charge in [0.2, 0.25) is 10.0 Å². The van der Waals surface area contributed by atoms with Crippen molar-refractivity contribution < 1.29 is 31.5 Å². The van der Waals surface area contributed by atoms with Gasteiger partial charge < -0.3 is 5.11 Å². The quantitative estimate of drug-likeness (QED) is 0.443. The van der Waals surface area contributed by atoms with Crippen molar-refractivity contribution in [1.29, 1.82) is 0 Å². The number of halogens is 3. The first kappa shape index (κ1) is 23.2. The minimum Gasteiger partial charge on any atom is -0.481 e. The van der Waals surface area contributed by atoms with E-state index in [4.69, 9.17) is 5.11 Å². The predicted octanol–water partition coefficient (Wildman–Crippen LogP) is 4.58. The second kappa shape index (κ2) is 10.1. The van der Waals surface area contributed by atoms with Crippen LogP contribution in [0.25, 0.3) is 6.08 Å². The summed E-state index contributed by atoms with van der Waals surface area (Å²) in [6, 6.07) is 4.22. The zero-order chi connectivity index (χ0) is 21.5. The highest BCUT2D eigenvalue weighted by Crippen LogP contribution is 2.30. The number of aliphatic carboxylic acids is 1. The molecule has 5 nitrogen and oxygen atoms in total. The molecular formula is C20H24F3NO4S. The smallest absolute Gasteiger partial charge is 0.416 e. The highest BCUT2D eigenvalue weighted by atomic mass is 32.2. The molecule has 0 amide bonds. The fraction of sp³-hybridized carbons (Fsp3) is 0.450. The lowest BCUT2D eigenvalue weighted by Gasteiger charge is -2.11. The summed E-state index contributed by atoms with van der Waals surface area (Å²) < 4.78 is 65.2. The Morgan fingerprint density at radius 3 is 2.72 bits per heavy atom. The maximum atomic E-state index is 12.7. The van der Waals surface area contributed by atoms with E-state index in [1.54, 1.807) is 0 Å². The summed E-state index contributed by atoms with van der Waals surface area (Å²) in [4.78, 5) is 10.5. The number of hydrogen-bond acceptors (Lipinski definition) is 3. The summed E-state index contributed by atoms with van der Waals surface area (Å²) in [5, 5.41) is 9.47. The maximum absolute atomic E-state index is 12.7. The monoisotopic (exact) mass is 431 g/mol. The topological polar surface area (TPSA) is 83.5 Å². The van der Waals surface area contributed by atoms with Crippen LogP contribution in [-0.4, -0.2) is 25.5 Å². The number of unbranched alkanes of at least 4 members (excludes halogenated alkanes) is 1. The van der Waals surface area contributed by atoms with Crippen LogP contribution in [0.5, 0.6) is 0 Å². The molecule has 0 aliphatic heterocycles. The van der Waals surface area contributed by atoms with E-state index in [0.717, 1.165) is 30.0 Å². The largest absolute Gasteiger partial charge is 0.481 e. The summed E-state index contributed by atoms with van der Waals surface area (Å²) in [7, 11) is -3.77. The van der Waals surface area contributed by atoms with Crippen LogP contribution in [0.2, 0.25) is 0 Å². The normalized spacial score (nSPS) is 20.7. The molecule has 160 valence electrons. The summed E-state index contributed by atoms with van der Waals surface area (Å²) in [6.07, 6.45) is 4.05. The SMILES string of the molecule is O=C(O)CCCC=CC1CCC(NS(=O)(=O)C=Cc2cccc(C(F)(F)F)c2)C1. The molecule has 1 aromatic carbocycles. The van der Waals surface area contributed by atoms with Gasteiger partial charge in [-0.2, -0.15) is 13.2 Å². The van der Waals surface area contributed by atoms with Crippen LogP contribution in [0.15, 0.2) is 41.8 Å². The molecule has 2 atom stereocenters. The van der Waals surface area contributed by atoms with Gasteiger partial charge in [-0.25, -0.2) is 13.1 Å². The average Bonchev–Trinajstić information content (AvgIpc) is 3.05. The molecule has 0 bridgehead atoms. The number of carboxylic acid groups (broad SMARTS) is 1. The standard InChI is InChI=1S/C20H24F3NO4S/c21-20(22,23)17-7-4-6-16(13-17)11-12-29(27,28)24-18-10-9-15(14-18)5-2-1-3-8-19(25)26/h2,4-7,11-13,15,18,24H,1,3,8-10,14H2,(H,25,26). The van der Waals surface area contributed by atoms with E-state index >= 15 is 0 Å². The van der Waals surface area contributed by atoms with Crippen LogP contribution in [0.3, 0.4) is 0 Å². The van der Waals surface area contributed by atoms with Crippen molar-refractivity contribution in [2.45, 2.75) is 50.7 Å². The van der Waals surface area contributed by atoms with Gasteiger partial charge in [0.15, 0.2) is 0 Å². The molecule has 2 unspecified atom stereocenters. The first-order valence-corrected chi connectivity index (χ1v) is 10.9. The minimum atomic E-state index is -4.49. The summed E-state index contributed by atoms with van der Waals surface area (Å²) in [5.74, 6) is -0.605. The Morgan fingerprint density at radius 1 is 1.28 bits per heavy atom. The molecule has 2 N–H and O–H groups in total. The van der Waals surface area contributed by atoms with Gasteiger partial charge in [0, 0.05) is 17.9 Å². The van der Waals surface area contributed by atoms with Gasteiger partial charge in [0.05, 0.1) is 5.56 Å². The van der Waals surface area contributed by atoms with Crippen molar-refractivity contribution in [3.05, 3.63) is 53.0 Å². The van der Waals surface area contributed by atoms with Crippen molar-refractivity contribution >= 4 is 22.1 Å². The van der Waals surface area contributed by atoms with Crippen LogP contribution in [0.4, 0.5) is 13.2 Å². The molecule has 1 aliphatic carbocycles. The Balaban J connectivity index is 1.86. The second-order valence-electron chi connectivity index (χ2n) is 7.07. The number of hydrogen-bond donors (Lipinski definition) is 2. The Hall–Kier alpha value is -2.13. The van der Waals surface area contributed by atoms with E-state index in [-0.39, 0.29) is 23.9 Å². The Morgan fingerprint density at radius 2 is 2.03 bits per heavy atom. The fourth-order valence-electron chi connectivity index (χ4n) is 3.22. The molecule has 0 radical (unpaired) electrons. The molecule has 0 saturated heterocycles. The molecule has 29 heavy (non-hydrogen) atoms. The third-order valence-electron chi connectivity index (χ3n) is 4.63. The van der Waals surface area contributed by atoms with E-state index in [1.807, 2.05) is 12.2 Å². The third kappa shape index (κ3) is 8.41. The van der Waals surface area contributed by atoms with Crippen LogP contribution in [0.1, 0.15) is 49.7 Å². The van der Waals surface area contributed by atoms with Crippen LogP contribution < -0.4 is 4.72 Å². The lowest BCUT2D eigenvalue weighted by atomic mass is 10.1. The molecule has 0 spiro atoms. The van der Waals surface area contributed by atoms with Gasteiger partial charge in [-0.1, -0.05) is 24.3 Å². The number of carbonyl (C=O) groups is 1. The van der Waals surface area contributed by atoms with Crippen molar-refractivity contribution in [1.82, 2.24) is 4.72 Å². The lowest BCUT2D eigenvalue weighted by Crippen LogP contribution is -2.31. The number of nitrogens with one attached hydrogen (secondary N) is 1. The van der Waals surface area contributed by atoms with Gasteiger partial charge in [0.25, 0.3) is 0 Å². The molecule has 1 aliphatic rings. The minimum absolute atomic E-state index is 0.121. The predicted molar refractivity (Wildman–Crippen MR) is 104 cm³/mol. The number of alkyl halides is 3. The molecular weight excluding hydrogens is 407 g/mol. The van der Waals surface area contributed by atoms with Gasteiger partial charge >= 0.3 is 12.1 Å². The molecule has 1 fully saturated rings. The highest BCUT2D eigenvalue weighted by Gasteiger charge is 2.30. The maximum Gasteiger partial charge on any atom is 0.416 e. The Bertz CT molecular complexity index is 863. The van der Waals surface area contributed by atoms with Crippen LogP contribution in [0, 0.1) is 5.92 Å². The van der Waals surface area contributed by atoms with Crippen molar-refractivity contribution in [3.8, 4) is 0 Å². The zero-order valence-electron chi connectivity index (χ0n) is 15.7. The number of sulfonamides is 1. The summed E-state index contributed by atoms with van der Waals surface area (Å²) in [5.41, 5.74) is -0.683. The van der Waals surface area contributed by atoms with Crippen LogP contribution in [-0.2, 0) is 21.0 Å². The average molecular weight is 431 g/mol. The molecule has 9 heteroatoms. The van der Waals surface area contributed by atoms with E-state index < -0.39 is 27.7 Å². The highest BCUT2D eigenvalue weighted by molar-refractivity contribution is 7.92. The first-order valence-electron chi connectivity index (χ1n) is 9.31. The lowest BCUT2D eigenvalue weighted by molar-refractivity contribution is -0.138. The number of allylic oxidation sites excluding steroid dienone is 2. The van der Waals surface area contributed by atoms with Gasteiger partial charge in [-0.15, -0.1) is 0 Å². The first-order chi connectivity index (χ1) is 13.5.